The van der Waals surface area contributed by atoms with E-state index in [2.05, 4.69) is 5.32 Å². The Morgan fingerprint density at radius 2 is 1.45 bits per heavy atom. The zero-order valence-electron chi connectivity index (χ0n) is 18.9. The molecule has 0 aliphatic heterocycles. The van der Waals surface area contributed by atoms with Crippen LogP contribution in [-0.4, -0.2) is 34.4 Å². The van der Waals surface area contributed by atoms with Crippen molar-refractivity contribution in [2.45, 2.75) is 64.9 Å². The Bertz CT molecular complexity index is 845. The molecule has 1 amide bonds. The Labute approximate surface area is 184 Å². The first-order chi connectivity index (χ1) is 14.5. The second-order valence-corrected chi connectivity index (χ2v) is 9.01. The van der Waals surface area contributed by atoms with Crippen LogP contribution in [0.5, 0.6) is 0 Å². The molecule has 168 valence electrons. The number of hydrogen-bond donors (Lipinski definition) is 2. The average molecular weight is 428 g/mol. The molecule has 0 spiro atoms. The van der Waals surface area contributed by atoms with Crippen LogP contribution in [0.4, 0.5) is 4.79 Å². The number of esters is 1. The number of alkyl carbamates (subject to hydrolysis) is 1. The van der Waals surface area contributed by atoms with E-state index in [9.17, 15) is 14.7 Å². The Kier molecular flexibility index (Phi) is 8.22. The smallest absolute Gasteiger partial charge is 0.408 e. The van der Waals surface area contributed by atoms with Gasteiger partial charge < -0.3 is 19.9 Å². The lowest BCUT2D eigenvalue weighted by atomic mass is 9.80. The Hall–Kier alpha value is -2.86. The van der Waals surface area contributed by atoms with Gasteiger partial charge in [-0.05, 0) is 37.8 Å². The first-order valence-electron chi connectivity index (χ1n) is 10.5. The van der Waals surface area contributed by atoms with Gasteiger partial charge >= 0.3 is 12.1 Å². The summed E-state index contributed by atoms with van der Waals surface area (Å²) in [5.41, 5.74) is -0.925. The molecule has 0 heterocycles. The number of carbonyl (C=O) groups is 2. The third-order valence-corrected chi connectivity index (χ3v) is 4.76. The topological polar surface area (TPSA) is 84.9 Å². The van der Waals surface area contributed by atoms with Gasteiger partial charge in [-0.15, -0.1) is 0 Å². The van der Waals surface area contributed by atoms with Gasteiger partial charge in [0.15, 0.2) is 5.54 Å². The van der Waals surface area contributed by atoms with Crippen LogP contribution in [0, 0.1) is 5.92 Å². The van der Waals surface area contributed by atoms with E-state index >= 15 is 0 Å². The lowest BCUT2D eigenvalue weighted by Gasteiger charge is -2.39. The van der Waals surface area contributed by atoms with E-state index in [1.165, 1.54) is 0 Å². The highest BCUT2D eigenvalue weighted by Gasteiger charge is 2.50. The van der Waals surface area contributed by atoms with Crippen molar-refractivity contribution in [3.8, 4) is 0 Å². The molecule has 0 fully saturated rings. The number of aliphatic hydroxyl groups excluding tert-OH is 1. The molecule has 2 atom stereocenters. The van der Waals surface area contributed by atoms with E-state index in [1.807, 2.05) is 60.7 Å². The van der Waals surface area contributed by atoms with Crippen molar-refractivity contribution in [3.05, 3.63) is 71.8 Å². The zero-order chi connectivity index (χ0) is 23.1. The summed E-state index contributed by atoms with van der Waals surface area (Å²) in [6.07, 6.45) is -1.94. The van der Waals surface area contributed by atoms with Gasteiger partial charge in [-0.25, -0.2) is 9.59 Å². The molecule has 31 heavy (non-hydrogen) atoms. The first-order valence-corrected chi connectivity index (χ1v) is 10.5. The molecule has 0 aromatic heterocycles. The molecular weight excluding hydrogens is 394 g/mol. The number of hydrogen-bond acceptors (Lipinski definition) is 5. The number of aliphatic hydroxyl groups is 1. The molecule has 2 N–H and O–H groups in total. The molecule has 6 heteroatoms. The van der Waals surface area contributed by atoms with Crippen molar-refractivity contribution >= 4 is 12.1 Å². The lowest BCUT2D eigenvalue weighted by molar-refractivity contribution is -0.170. The maximum Gasteiger partial charge on any atom is 0.408 e. The fourth-order valence-corrected chi connectivity index (χ4v) is 3.26. The van der Waals surface area contributed by atoms with E-state index in [1.54, 1.807) is 34.6 Å². The lowest BCUT2D eigenvalue weighted by Crippen LogP contribution is -2.66. The summed E-state index contributed by atoms with van der Waals surface area (Å²) < 4.78 is 11.0. The third kappa shape index (κ3) is 7.10. The number of rotatable bonds is 8. The van der Waals surface area contributed by atoms with Crippen LogP contribution in [0.2, 0.25) is 0 Å². The van der Waals surface area contributed by atoms with Gasteiger partial charge in [0.05, 0.1) is 6.10 Å². The minimum atomic E-state index is -1.71. The predicted octanol–water partition coefficient (Wildman–Crippen LogP) is 4.25. The SMILES string of the molecule is CC(C)[C@@H](O)[C@](Cc1ccccc1)(NC(=O)OCc1ccccc1)C(=O)OC(C)(C)C. The normalized spacial score (nSPS) is 14.4. The predicted molar refractivity (Wildman–Crippen MR) is 119 cm³/mol. The number of ether oxygens (including phenoxy) is 2. The second-order valence-electron chi connectivity index (χ2n) is 9.01. The van der Waals surface area contributed by atoms with E-state index in [4.69, 9.17) is 9.47 Å². The highest BCUT2D eigenvalue weighted by atomic mass is 16.6. The fraction of sp³-hybridized carbons (Fsp3) is 0.440. The molecule has 2 aromatic carbocycles. The maximum atomic E-state index is 13.4. The highest BCUT2D eigenvalue weighted by Crippen LogP contribution is 2.27. The van der Waals surface area contributed by atoms with Crippen molar-refractivity contribution in [3.63, 3.8) is 0 Å². The maximum absolute atomic E-state index is 13.4. The molecule has 0 unspecified atom stereocenters. The second kappa shape index (κ2) is 10.4. The Balaban J connectivity index is 2.36. The minimum Gasteiger partial charge on any atom is -0.458 e. The van der Waals surface area contributed by atoms with Gasteiger partial charge in [-0.2, -0.15) is 0 Å². The van der Waals surface area contributed by atoms with Crippen molar-refractivity contribution in [1.29, 1.82) is 0 Å². The molecule has 0 saturated heterocycles. The third-order valence-electron chi connectivity index (χ3n) is 4.76. The van der Waals surface area contributed by atoms with Crippen LogP contribution in [0.25, 0.3) is 0 Å². The Morgan fingerprint density at radius 1 is 0.935 bits per heavy atom. The summed E-state index contributed by atoms with van der Waals surface area (Å²) in [5, 5.41) is 13.8. The molecular formula is C25H33NO5. The molecule has 6 nitrogen and oxygen atoms in total. The van der Waals surface area contributed by atoms with Gasteiger partial charge in [-0.1, -0.05) is 74.5 Å². The van der Waals surface area contributed by atoms with Crippen molar-refractivity contribution in [1.82, 2.24) is 5.32 Å². The van der Waals surface area contributed by atoms with Crippen LogP contribution >= 0.6 is 0 Å². The van der Waals surface area contributed by atoms with E-state index in [0.717, 1.165) is 11.1 Å². The van der Waals surface area contributed by atoms with Crippen molar-refractivity contribution in [2.24, 2.45) is 5.92 Å². The standard InChI is InChI=1S/C25H33NO5/c1-18(2)21(27)25(22(28)31-24(3,4)5,16-19-12-8-6-9-13-19)26-23(29)30-17-20-14-10-7-11-15-20/h6-15,18,21,27H,16-17H2,1-5H3,(H,26,29)/t21-,25+/m1/s1. The van der Waals surface area contributed by atoms with Crippen LogP contribution in [-0.2, 0) is 27.3 Å². The van der Waals surface area contributed by atoms with Gasteiger partial charge in [0.25, 0.3) is 0 Å². The number of amides is 1. The quantitative estimate of drug-likeness (QED) is 0.615. The van der Waals surface area contributed by atoms with Crippen LogP contribution < -0.4 is 5.32 Å². The molecule has 2 aromatic rings. The summed E-state index contributed by atoms with van der Waals surface area (Å²) >= 11 is 0. The van der Waals surface area contributed by atoms with E-state index in [-0.39, 0.29) is 18.9 Å². The van der Waals surface area contributed by atoms with Gasteiger partial charge in [0.1, 0.15) is 12.2 Å². The van der Waals surface area contributed by atoms with Crippen molar-refractivity contribution < 1.29 is 24.2 Å². The van der Waals surface area contributed by atoms with Gasteiger partial charge in [-0.3, -0.25) is 0 Å². The van der Waals surface area contributed by atoms with Crippen LogP contribution in [0.3, 0.4) is 0 Å². The molecule has 2 rings (SSSR count). The summed E-state index contributed by atoms with van der Waals surface area (Å²) in [4.78, 5) is 26.2. The van der Waals surface area contributed by atoms with Crippen LogP contribution in [0.15, 0.2) is 60.7 Å². The minimum absolute atomic E-state index is 0.0418. The average Bonchev–Trinajstić information content (AvgIpc) is 2.71. The first kappa shape index (κ1) is 24.4. The molecule has 0 bridgehead atoms. The summed E-state index contributed by atoms with van der Waals surface area (Å²) in [5.74, 6) is -1.03. The van der Waals surface area contributed by atoms with Crippen LogP contribution in [0.1, 0.15) is 45.7 Å². The molecule has 0 aliphatic carbocycles. The summed E-state index contributed by atoms with van der Waals surface area (Å²) in [7, 11) is 0. The van der Waals surface area contributed by atoms with Gasteiger partial charge in [0.2, 0.25) is 0 Å². The summed E-state index contributed by atoms with van der Waals surface area (Å²) in [6.45, 7) is 8.84. The molecule has 0 saturated carbocycles. The number of carbonyl (C=O) groups excluding carboxylic acids is 2. The Morgan fingerprint density at radius 3 is 1.94 bits per heavy atom. The number of benzene rings is 2. The monoisotopic (exact) mass is 427 g/mol. The molecule has 0 radical (unpaired) electrons. The van der Waals surface area contributed by atoms with E-state index < -0.39 is 29.3 Å². The van der Waals surface area contributed by atoms with Crippen molar-refractivity contribution in [2.75, 3.05) is 0 Å². The largest absolute Gasteiger partial charge is 0.458 e. The summed E-state index contributed by atoms with van der Waals surface area (Å²) in [6, 6.07) is 18.4. The fourth-order valence-electron chi connectivity index (χ4n) is 3.26. The van der Waals surface area contributed by atoms with E-state index in [0.29, 0.717) is 0 Å². The van der Waals surface area contributed by atoms with Gasteiger partial charge in [0, 0.05) is 6.42 Å². The molecule has 0 aliphatic rings. The highest BCUT2D eigenvalue weighted by molar-refractivity contribution is 5.87. The number of nitrogens with one attached hydrogen (secondary N) is 1. The zero-order valence-corrected chi connectivity index (χ0v) is 18.9.